The Balaban J connectivity index is 4.78. The number of aliphatic hydroxyl groups is 3. The second kappa shape index (κ2) is 40.2. The molecule has 0 aliphatic rings. The van der Waals surface area contributed by atoms with Gasteiger partial charge >= 0.3 is 27.6 Å². The highest BCUT2D eigenvalue weighted by atomic mass is 31.2. The predicted octanol–water partition coefficient (Wildman–Crippen LogP) is 9.05. The molecule has 0 aliphatic heterocycles. The van der Waals surface area contributed by atoms with Gasteiger partial charge in [0.25, 0.3) is 0 Å². The molecule has 63 heavy (non-hydrogen) atoms. The molecule has 0 saturated carbocycles. The lowest BCUT2D eigenvalue weighted by Crippen LogP contribution is -2.29. The van der Waals surface area contributed by atoms with E-state index in [1.807, 2.05) is 37.3 Å². The van der Waals surface area contributed by atoms with Crippen LogP contribution in [0.25, 0.3) is 0 Å². The minimum absolute atomic E-state index is 0.00275. The van der Waals surface area contributed by atoms with E-state index >= 15 is 0 Å². The summed E-state index contributed by atoms with van der Waals surface area (Å²) in [5.74, 6) is -1.23. The summed E-state index contributed by atoms with van der Waals surface area (Å²) in [6, 6.07) is 0. The van der Waals surface area contributed by atoms with Crippen LogP contribution < -0.4 is 0 Å². The monoisotopic (exact) mass is 928 g/mol. The summed E-state index contributed by atoms with van der Waals surface area (Å²) in [6.45, 7) is 1.21. The van der Waals surface area contributed by atoms with Gasteiger partial charge in [0.15, 0.2) is 6.10 Å². The molecule has 17 heteroatoms. The van der Waals surface area contributed by atoms with E-state index in [0.717, 1.165) is 57.8 Å². The van der Waals surface area contributed by atoms with Gasteiger partial charge in [0.2, 0.25) is 0 Å². The molecule has 0 aromatic rings. The number of carbonyl (C=O) groups excluding carboxylic acids is 2. The SMILES string of the molecule is CC/C=C\C/C=C\C/C=C\CCCCCCCC(=O)O[C@H](COC(=O)CC/C=C\C/C=C\C[C@H](O)/C=C/C=C\C=C\[C@H](O)C/C=C\CC)COP(=O)(O)OC[C@@H](O)COP(=O)(O)O. The van der Waals surface area contributed by atoms with Crippen LogP contribution in [0.3, 0.4) is 0 Å². The fourth-order valence-corrected chi connectivity index (χ4v) is 6.19. The van der Waals surface area contributed by atoms with E-state index in [1.165, 1.54) is 0 Å². The van der Waals surface area contributed by atoms with Crippen molar-refractivity contribution in [3.8, 4) is 0 Å². The lowest BCUT2D eigenvalue weighted by molar-refractivity contribution is -0.161. The van der Waals surface area contributed by atoms with Crippen molar-refractivity contribution in [1.82, 2.24) is 0 Å². The van der Waals surface area contributed by atoms with Crippen LogP contribution in [0.4, 0.5) is 0 Å². The molecule has 0 rings (SSSR count). The van der Waals surface area contributed by atoms with Gasteiger partial charge in [-0.2, -0.15) is 0 Å². The summed E-state index contributed by atoms with van der Waals surface area (Å²) in [5.41, 5.74) is 0. The molecule has 0 aromatic heterocycles. The van der Waals surface area contributed by atoms with Crippen molar-refractivity contribution in [3.63, 3.8) is 0 Å². The zero-order valence-corrected chi connectivity index (χ0v) is 38.9. The Hall–Kier alpha value is -3.30. The molecule has 0 bridgehead atoms. The van der Waals surface area contributed by atoms with Gasteiger partial charge in [-0.25, -0.2) is 9.13 Å². The first-order valence-electron chi connectivity index (χ1n) is 21.8. The van der Waals surface area contributed by atoms with Crippen LogP contribution in [0.2, 0.25) is 0 Å². The average Bonchev–Trinajstić information content (AvgIpc) is 3.23. The summed E-state index contributed by atoms with van der Waals surface area (Å²) in [4.78, 5) is 52.7. The van der Waals surface area contributed by atoms with Crippen LogP contribution in [0.1, 0.15) is 117 Å². The van der Waals surface area contributed by atoms with Crippen LogP contribution in [0.5, 0.6) is 0 Å². The number of unbranched alkanes of at least 4 members (excludes halogenated alkanes) is 5. The van der Waals surface area contributed by atoms with Crippen molar-refractivity contribution in [1.29, 1.82) is 0 Å². The van der Waals surface area contributed by atoms with E-state index in [4.69, 9.17) is 23.8 Å². The molecule has 0 aliphatic carbocycles. The highest BCUT2D eigenvalue weighted by Gasteiger charge is 2.28. The van der Waals surface area contributed by atoms with Crippen LogP contribution in [-0.4, -0.2) is 92.8 Å². The number of aliphatic hydroxyl groups excluding tert-OH is 3. The Labute approximate surface area is 375 Å². The molecule has 6 N–H and O–H groups in total. The summed E-state index contributed by atoms with van der Waals surface area (Å²) < 4.78 is 47.6. The molecule has 0 fully saturated rings. The first-order chi connectivity index (χ1) is 30.2. The van der Waals surface area contributed by atoms with Gasteiger partial charge in [0.05, 0.1) is 32.0 Å². The number of hydrogen-bond acceptors (Lipinski definition) is 12. The third-order valence-electron chi connectivity index (χ3n) is 8.33. The number of allylic oxidation sites excluding steroid dienone is 14. The van der Waals surface area contributed by atoms with Gasteiger partial charge < -0.3 is 39.5 Å². The summed E-state index contributed by atoms with van der Waals surface area (Å²) in [7, 11) is -9.75. The highest BCUT2D eigenvalue weighted by Crippen LogP contribution is 2.43. The molecule has 0 aromatic carbocycles. The minimum atomic E-state index is -4.89. The number of hydrogen-bond donors (Lipinski definition) is 6. The van der Waals surface area contributed by atoms with Crippen molar-refractivity contribution in [3.05, 3.63) is 109 Å². The van der Waals surface area contributed by atoms with E-state index < -0.39 is 78.4 Å². The maximum Gasteiger partial charge on any atom is 0.472 e. The lowest BCUT2D eigenvalue weighted by Gasteiger charge is -2.20. The molecular weight excluding hydrogens is 854 g/mol. The standard InChI is InChI=1S/C46H74O15P2/c1-3-5-7-8-9-10-11-12-13-14-15-16-17-22-30-36-46(51)61-44(40-60-63(55,56)59-38-43(49)37-58-62(52,53)54)39-57-45(50)35-29-21-19-18-20-26-32-42(48)34-28-24-23-27-33-41(47)31-25-6-4-2/h5-7,9-10,12-13,19-21,23-28,33-34,41-44,47-49H,3-4,8,11,14-18,22,29-32,35-40H2,1-2H3,(H,55,56)(H2,52,53,54)/b7-5-,10-9-,13-12-,21-19-,24-23-,25-6-,26-20-,33-27+,34-28+/t41-,42+,43+,44-/m1/s1. The summed E-state index contributed by atoms with van der Waals surface area (Å²) in [6.07, 6.45) is 41.6. The Bertz CT molecular complexity index is 1560. The van der Waals surface area contributed by atoms with Gasteiger partial charge in [0.1, 0.15) is 12.7 Å². The first-order valence-corrected chi connectivity index (χ1v) is 24.8. The van der Waals surface area contributed by atoms with Crippen LogP contribution in [-0.2, 0) is 41.8 Å². The predicted molar refractivity (Wildman–Crippen MR) is 246 cm³/mol. The molecule has 0 heterocycles. The molecule has 0 amide bonds. The Kier molecular flexibility index (Phi) is 38.1. The molecule has 0 radical (unpaired) electrons. The third-order valence-corrected chi connectivity index (χ3v) is 9.76. The van der Waals surface area contributed by atoms with E-state index in [9.17, 15) is 38.9 Å². The topological polar surface area (TPSA) is 236 Å². The molecule has 0 spiro atoms. The van der Waals surface area contributed by atoms with Crippen molar-refractivity contribution in [2.75, 3.05) is 26.4 Å². The normalized spacial score (nSPS) is 16.0. The third kappa shape index (κ3) is 43.7. The van der Waals surface area contributed by atoms with E-state index in [-0.39, 0.29) is 12.8 Å². The van der Waals surface area contributed by atoms with Crippen molar-refractivity contribution in [2.45, 2.75) is 141 Å². The van der Waals surface area contributed by atoms with E-state index in [0.29, 0.717) is 32.1 Å². The van der Waals surface area contributed by atoms with Gasteiger partial charge in [0, 0.05) is 12.8 Å². The van der Waals surface area contributed by atoms with Gasteiger partial charge in [-0.3, -0.25) is 23.2 Å². The average molecular weight is 929 g/mol. The maximum atomic E-state index is 12.7. The van der Waals surface area contributed by atoms with Crippen molar-refractivity contribution < 1.29 is 71.8 Å². The van der Waals surface area contributed by atoms with Crippen molar-refractivity contribution >= 4 is 27.6 Å². The van der Waals surface area contributed by atoms with E-state index in [1.54, 1.807) is 42.5 Å². The van der Waals surface area contributed by atoms with Gasteiger partial charge in [-0.15, -0.1) is 0 Å². The van der Waals surface area contributed by atoms with Crippen LogP contribution in [0, 0.1) is 0 Å². The van der Waals surface area contributed by atoms with E-state index in [2.05, 4.69) is 52.4 Å². The molecule has 5 atom stereocenters. The number of carbonyl (C=O) groups is 2. The first kappa shape index (κ1) is 59.7. The smallest absolute Gasteiger partial charge is 0.462 e. The number of ether oxygens (including phenoxy) is 2. The largest absolute Gasteiger partial charge is 0.472 e. The Morgan fingerprint density at radius 2 is 1.02 bits per heavy atom. The summed E-state index contributed by atoms with van der Waals surface area (Å²) in [5, 5.41) is 29.7. The second-order valence-electron chi connectivity index (χ2n) is 14.3. The quantitative estimate of drug-likeness (QED) is 0.0111. The van der Waals surface area contributed by atoms with Crippen LogP contribution >= 0.6 is 15.6 Å². The molecular formula is C46H74O15P2. The zero-order chi connectivity index (χ0) is 46.9. The number of rotatable bonds is 39. The summed E-state index contributed by atoms with van der Waals surface area (Å²) >= 11 is 0. The Morgan fingerprint density at radius 3 is 1.63 bits per heavy atom. The number of phosphoric acid groups is 2. The zero-order valence-electron chi connectivity index (χ0n) is 37.1. The molecule has 15 nitrogen and oxygen atoms in total. The van der Waals surface area contributed by atoms with Gasteiger partial charge in [-0.05, 0) is 70.6 Å². The molecule has 1 unspecified atom stereocenters. The molecule has 358 valence electrons. The van der Waals surface area contributed by atoms with Gasteiger partial charge in [-0.1, -0.05) is 142 Å². The fraction of sp³-hybridized carbons (Fsp3) is 0.565. The van der Waals surface area contributed by atoms with Crippen LogP contribution in [0.15, 0.2) is 109 Å². The molecule has 0 saturated heterocycles. The highest BCUT2D eigenvalue weighted by molar-refractivity contribution is 7.47. The fourth-order valence-electron chi connectivity index (χ4n) is 5.03. The lowest BCUT2D eigenvalue weighted by atomic mass is 10.1. The Morgan fingerprint density at radius 1 is 0.524 bits per heavy atom. The minimum Gasteiger partial charge on any atom is -0.462 e. The number of esters is 2. The van der Waals surface area contributed by atoms with Crippen molar-refractivity contribution in [2.24, 2.45) is 0 Å². The maximum absolute atomic E-state index is 12.7. The second-order valence-corrected chi connectivity index (χ2v) is 16.9. The number of phosphoric ester groups is 2.